The molecule has 1 aromatic carbocycles. The van der Waals surface area contributed by atoms with E-state index in [4.69, 9.17) is 4.74 Å². The topological polar surface area (TPSA) is 66.9 Å². The highest BCUT2D eigenvalue weighted by atomic mass is 16.5. The third kappa shape index (κ3) is 2.95. The Bertz CT molecular complexity index is 667. The number of benzene rings is 1. The molecule has 3 rings (SSSR count). The molecule has 0 aromatic heterocycles. The molecular weight excluding hydrogens is 320 g/mol. The van der Waals surface area contributed by atoms with E-state index in [9.17, 15) is 14.4 Å². The van der Waals surface area contributed by atoms with Gasteiger partial charge in [0.1, 0.15) is 6.04 Å². The van der Waals surface area contributed by atoms with Gasteiger partial charge in [-0.1, -0.05) is 32.4 Å². The largest absolute Gasteiger partial charge is 0.380 e. The van der Waals surface area contributed by atoms with Crippen molar-refractivity contribution in [2.24, 2.45) is 5.92 Å². The quantitative estimate of drug-likeness (QED) is 0.766. The van der Waals surface area contributed by atoms with E-state index in [0.29, 0.717) is 30.6 Å². The third-order valence-corrected chi connectivity index (χ3v) is 5.33. The molecule has 1 aromatic rings. The van der Waals surface area contributed by atoms with Crippen LogP contribution >= 0.6 is 0 Å². The van der Waals surface area contributed by atoms with Gasteiger partial charge in [0.2, 0.25) is 5.91 Å². The van der Waals surface area contributed by atoms with Gasteiger partial charge in [-0.25, -0.2) is 0 Å². The lowest BCUT2D eigenvalue weighted by molar-refractivity contribution is -0.136. The second kappa shape index (κ2) is 6.96. The minimum absolute atomic E-state index is 0.0173. The van der Waals surface area contributed by atoms with E-state index in [1.807, 2.05) is 13.8 Å². The first-order valence-electron chi connectivity index (χ1n) is 8.78. The fraction of sp³-hybridized carbons (Fsp3) is 0.526. The zero-order chi connectivity index (χ0) is 18.1. The number of methoxy groups -OCH3 is 1. The number of carbonyl (C=O) groups is 3. The normalized spacial score (nSPS) is 22.3. The average molecular weight is 344 g/mol. The molecule has 134 valence electrons. The van der Waals surface area contributed by atoms with Crippen LogP contribution in [0.5, 0.6) is 0 Å². The van der Waals surface area contributed by atoms with Crippen molar-refractivity contribution < 1.29 is 19.1 Å². The van der Waals surface area contributed by atoms with Crippen molar-refractivity contribution in [3.05, 3.63) is 35.4 Å². The highest BCUT2D eigenvalue weighted by Crippen LogP contribution is 2.29. The fourth-order valence-electron chi connectivity index (χ4n) is 3.60. The van der Waals surface area contributed by atoms with Crippen LogP contribution in [0.4, 0.5) is 0 Å². The van der Waals surface area contributed by atoms with E-state index >= 15 is 0 Å². The van der Waals surface area contributed by atoms with Crippen LogP contribution in [0.3, 0.4) is 0 Å². The molecule has 3 amide bonds. The number of amides is 3. The maximum Gasteiger partial charge on any atom is 0.262 e. The molecule has 25 heavy (non-hydrogen) atoms. The Labute approximate surface area is 147 Å². The lowest BCUT2D eigenvalue weighted by atomic mass is 9.96. The number of hydrogen-bond donors (Lipinski definition) is 0. The van der Waals surface area contributed by atoms with E-state index in [0.717, 1.165) is 6.42 Å². The van der Waals surface area contributed by atoms with Crippen LogP contribution in [-0.4, -0.2) is 59.9 Å². The van der Waals surface area contributed by atoms with E-state index < -0.39 is 6.04 Å². The van der Waals surface area contributed by atoms with Gasteiger partial charge in [-0.3, -0.25) is 19.3 Å². The van der Waals surface area contributed by atoms with Crippen molar-refractivity contribution in [2.75, 3.05) is 20.2 Å². The van der Waals surface area contributed by atoms with E-state index in [-0.39, 0.29) is 29.7 Å². The lowest BCUT2D eigenvalue weighted by Gasteiger charge is -2.33. The molecule has 0 N–H and O–H groups in total. The van der Waals surface area contributed by atoms with Crippen LogP contribution < -0.4 is 0 Å². The second-order valence-electron chi connectivity index (χ2n) is 6.79. The molecule has 0 radical (unpaired) electrons. The minimum Gasteiger partial charge on any atom is -0.380 e. The van der Waals surface area contributed by atoms with Gasteiger partial charge in [0.15, 0.2) is 0 Å². The second-order valence-corrected chi connectivity index (χ2v) is 6.79. The molecule has 2 aliphatic rings. The molecule has 2 aliphatic heterocycles. The number of fused-ring (bicyclic) bond motifs is 1. The molecule has 6 nitrogen and oxygen atoms in total. The van der Waals surface area contributed by atoms with Crippen molar-refractivity contribution in [2.45, 2.75) is 38.8 Å². The predicted octanol–water partition coefficient (Wildman–Crippen LogP) is 1.94. The van der Waals surface area contributed by atoms with Crippen molar-refractivity contribution in [3.63, 3.8) is 0 Å². The summed E-state index contributed by atoms with van der Waals surface area (Å²) in [5, 5.41) is 0. The standard InChI is InChI=1S/C19H24N2O4/c1-4-12(2)16(19(24)20-10-9-13(11-20)25-3)21-17(22)14-7-5-6-8-15(14)18(21)23/h5-8,12-13,16H,4,9-11H2,1-3H3. The van der Waals surface area contributed by atoms with Gasteiger partial charge in [-0.15, -0.1) is 0 Å². The number of ether oxygens (including phenoxy) is 1. The molecule has 0 aliphatic carbocycles. The average Bonchev–Trinajstić information content (AvgIpc) is 3.21. The van der Waals surface area contributed by atoms with Gasteiger partial charge in [0.25, 0.3) is 11.8 Å². The zero-order valence-corrected chi connectivity index (χ0v) is 14.9. The first kappa shape index (κ1) is 17.6. The van der Waals surface area contributed by atoms with Gasteiger partial charge in [-0.05, 0) is 24.5 Å². The van der Waals surface area contributed by atoms with Crippen LogP contribution in [0, 0.1) is 5.92 Å². The van der Waals surface area contributed by atoms with Gasteiger partial charge >= 0.3 is 0 Å². The predicted molar refractivity (Wildman–Crippen MR) is 92.2 cm³/mol. The van der Waals surface area contributed by atoms with E-state index in [1.165, 1.54) is 4.90 Å². The molecular formula is C19H24N2O4. The first-order valence-corrected chi connectivity index (χ1v) is 8.78. The molecule has 3 unspecified atom stereocenters. The summed E-state index contributed by atoms with van der Waals surface area (Å²) >= 11 is 0. The highest BCUT2D eigenvalue weighted by Gasteiger charge is 2.46. The highest BCUT2D eigenvalue weighted by molar-refractivity contribution is 6.22. The van der Waals surface area contributed by atoms with Gasteiger partial charge in [0, 0.05) is 20.2 Å². The summed E-state index contributed by atoms with van der Waals surface area (Å²) in [6.45, 7) is 4.97. The molecule has 3 atom stereocenters. The van der Waals surface area contributed by atoms with Crippen LogP contribution in [0.1, 0.15) is 47.4 Å². The molecule has 1 fully saturated rings. The van der Waals surface area contributed by atoms with Crippen molar-refractivity contribution in [1.82, 2.24) is 9.80 Å². The Morgan fingerprint density at radius 1 is 1.24 bits per heavy atom. The van der Waals surface area contributed by atoms with Crippen molar-refractivity contribution in [1.29, 1.82) is 0 Å². The first-order chi connectivity index (χ1) is 12.0. The van der Waals surface area contributed by atoms with Crippen molar-refractivity contribution in [3.8, 4) is 0 Å². The molecule has 6 heteroatoms. The number of hydrogen-bond acceptors (Lipinski definition) is 4. The Kier molecular flexibility index (Phi) is 4.90. The van der Waals surface area contributed by atoms with E-state index in [1.54, 1.807) is 36.3 Å². The van der Waals surface area contributed by atoms with Gasteiger partial charge < -0.3 is 9.64 Å². The summed E-state index contributed by atoms with van der Waals surface area (Å²) in [6.07, 6.45) is 1.49. The Morgan fingerprint density at radius 3 is 2.32 bits per heavy atom. The maximum absolute atomic E-state index is 13.2. The van der Waals surface area contributed by atoms with E-state index in [2.05, 4.69) is 0 Å². The van der Waals surface area contributed by atoms with Crippen molar-refractivity contribution >= 4 is 17.7 Å². The monoisotopic (exact) mass is 344 g/mol. The van der Waals surface area contributed by atoms with Crippen LogP contribution in [0.15, 0.2) is 24.3 Å². The molecule has 0 spiro atoms. The lowest BCUT2D eigenvalue weighted by Crippen LogP contribution is -2.53. The number of nitrogens with zero attached hydrogens (tertiary/aromatic N) is 2. The SMILES string of the molecule is CCC(C)C(C(=O)N1CCC(OC)C1)N1C(=O)c2ccccc2C1=O. The van der Waals surface area contributed by atoms with Crippen LogP contribution in [0.2, 0.25) is 0 Å². The summed E-state index contributed by atoms with van der Waals surface area (Å²) in [5.74, 6) is -1.02. The molecule has 0 bridgehead atoms. The Hall–Kier alpha value is -2.21. The van der Waals surface area contributed by atoms with Gasteiger partial charge in [-0.2, -0.15) is 0 Å². The summed E-state index contributed by atoms with van der Waals surface area (Å²) in [6, 6.07) is 5.98. The number of imide groups is 1. The summed E-state index contributed by atoms with van der Waals surface area (Å²) < 4.78 is 5.34. The molecule has 2 heterocycles. The Morgan fingerprint density at radius 2 is 1.84 bits per heavy atom. The fourth-order valence-corrected chi connectivity index (χ4v) is 3.60. The number of rotatable bonds is 5. The molecule has 0 saturated carbocycles. The third-order valence-electron chi connectivity index (χ3n) is 5.33. The molecule has 1 saturated heterocycles. The van der Waals surface area contributed by atoms with Crippen LogP contribution in [0.25, 0.3) is 0 Å². The smallest absolute Gasteiger partial charge is 0.262 e. The minimum atomic E-state index is -0.770. The van der Waals surface area contributed by atoms with Crippen LogP contribution in [-0.2, 0) is 9.53 Å². The zero-order valence-electron chi connectivity index (χ0n) is 14.9. The summed E-state index contributed by atoms with van der Waals surface area (Å²) in [7, 11) is 1.63. The Balaban J connectivity index is 1.91. The maximum atomic E-state index is 13.2. The summed E-state index contributed by atoms with van der Waals surface area (Å²) in [5.41, 5.74) is 0.759. The van der Waals surface area contributed by atoms with Gasteiger partial charge in [0.05, 0.1) is 17.2 Å². The number of likely N-dealkylation sites (tertiary alicyclic amines) is 1. The number of carbonyl (C=O) groups excluding carboxylic acids is 3. The summed E-state index contributed by atoms with van der Waals surface area (Å²) in [4.78, 5) is 41.7.